The molecule has 16 heavy (non-hydrogen) atoms. The van der Waals surface area contributed by atoms with E-state index in [4.69, 9.17) is 0 Å². The summed E-state index contributed by atoms with van der Waals surface area (Å²) >= 11 is 1.78. The van der Waals surface area contributed by atoms with E-state index in [1.807, 2.05) is 30.3 Å². The first-order valence-corrected chi connectivity index (χ1v) is 6.20. The lowest BCUT2D eigenvalue weighted by Crippen LogP contribution is -2.14. The zero-order chi connectivity index (χ0) is 11.4. The van der Waals surface area contributed by atoms with E-state index in [2.05, 4.69) is 22.2 Å². The summed E-state index contributed by atoms with van der Waals surface area (Å²) in [6, 6.07) is 0. The molecular weight excluding hydrogens is 220 g/mol. The Kier molecular flexibility index (Phi) is 3.69. The summed E-state index contributed by atoms with van der Waals surface area (Å²) in [6.45, 7) is 3.81. The van der Waals surface area contributed by atoms with E-state index < -0.39 is 0 Å². The molecule has 2 heterocycles. The van der Waals surface area contributed by atoms with Crippen LogP contribution in [0.1, 0.15) is 22.5 Å². The summed E-state index contributed by atoms with van der Waals surface area (Å²) in [7, 11) is 2.00. The van der Waals surface area contributed by atoms with Gasteiger partial charge in [0, 0.05) is 37.4 Å². The van der Waals surface area contributed by atoms with Crippen LogP contribution >= 0.6 is 11.3 Å². The number of nitrogens with one attached hydrogen (secondary N) is 1. The first-order valence-electron chi connectivity index (χ1n) is 5.39. The van der Waals surface area contributed by atoms with Gasteiger partial charge in [-0.3, -0.25) is 0 Å². The lowest BCUT2D eigenvalue weighted by Gasteiger charge is -2.02. The van der Waals surface area contributed by atoms with Crippen molar-refractivity contribution in [3.8, 4) is 0 Å². The maximum Gasteiger partial charge on any atom is 0.107 e. The highest BCUT2D eigenvalue weighted by molar-refractivity contribution is 7.11. The third kappa shape index (κ3) is 2.68. The molecule has 2 rings (SSSR count). The van der Waals surface area contributed by atoms with Gasteiger partial charge in [-0.25, -0.2) is 9.97 Å². The smallest absolute Gasteiger partial charge is 0.107 e. The lowest BCUT2D eigenvalue weighted by molar-refractivity contribution is 0.653. The summed E-state index contributed by atoms with van der Waals surface area (Å²) in [5.74, 6) is 0. The molecule has 0 bridgehead atoms. The Bertz CT molecular complexity index is 446. The van der Waals surface area contributed by atoms with E-state index in [0.29, 0.717) is 0 Å². The molecule has 0 aliphatic heterocycles. The molecule has 0 aromatic carbocycles. The van der Waals surface area contributed by atoms with Gasteiger partial charge >= 0.3 is 0 Å². The summed E-state index contributed by atoms with van der Waals surface area (Å²) in [5, 5.41) is 4.52. The van der Waals surface area contributed by atoms with Crippen molar-refractivity contribution in [1.29, 1.82) is 0 Å². The molecule has 86 valence electrons. The van der Waals surface area contributed by atoms with Gasteiger partial charge in [-0.2, -0.15) is 0 Å². The predicted molar refractivity (Wildman–Crippen MR) is 65.2 cm³/mol. The Morgan fingerprint density at radius 3 is 2.88 bits per heavy atom. The molecule has 4 nitrogen and oxygen atoms in total. The van der Waals surface area contributed by atoms with E-state index >= 15 is 0 Å². The number of hydrogen-bond donors (Lipinski definition) is 1. The van der Waals surface area contributed by atoms with Crippen LogP contribution in [0.5, 0.6) is 0 Å². The molecule has 2 aromatic rings. The average molecular weight is 236 g/mol. The molecule has 0 saturated carbocycles. The highest BCUT2D eigenvalue weighted by Gasteiger charge is 2.01. The lowest BCUT2D eigenvalue weighted by atomic mass is 10.4. The van der Waals surface area contributed by atoms with Gasteiger partial charge in [0.25, 0.3) is 0 Å². The van der Waals surface area contributed by atoms with Crippen molar-refractivity contribution < 1.29 is 0 Å². The summed E-state index contributed by atoms with van der Waals surface area (Å²) < 4.78 is 2.02. The van der Waals surface area contributed by atoms with Crippen molar-refractivity contribution in [2.24, 2.45) is 7.05 Å². The van der Waals surface area contributed by atoms with Gasteiger partial charge in [-0.05, 0) is 6.42 Å². The second kappa shape index (κ2) is 5.23. The maximum atomic E-state index is 4.36. The summed E-state index contributed by atoms with van der Waals surface area (Å²) in [5.41, 5.74) is 1.19. The molecule has 5 heteroatoms. The van der Waals surface area contributed by atoms with Crippen LogP contribution in [0.25, 0.3) is 0 Å². The zero-order valence-corrected chi connectivity index (χ0v) is 10.4. The molecule has 1 N–H and O–H groups in total. The van der Waals surface area contributed by atoms with Crippen LogP contribution in [0.3, 0.4) is 0 Å². The monoisotopic (exact) mass is 236 g/mol. The van der Waals surface area contributed by atoms with Crippen LogP contribution in [0, 0.1) is 0 Å². The van der Waals surface area contributed by atoms with E-state index in [9.17, 15) is 0 Å². The molecule has 0 fully saturated rings. The molecule has 0 aliphatic carbocycles. The third-order valence-electron chi connectivity index (χ3n) is 2.45. The molecule has 0 amide bonds. The van der Waals surface area contributed by atoms with Gasteiger partial charge in [0.2, 0.25) is 0 Å². The number of imidazole rings is 1. The molecule has 0 unspecified atom stereocenters. The Balaban J connectivity index is 1.82. The van der Waals surface area contributed by atoms with E-state index in [1.165, 1.54) is 10.6 Å². The largest absolute Gasteiger partial charge is 0.337 e. The maximum absolute atomic E-state index is 4.36. The van der Waals surface area contributed by atoms with Crippen molar-refractivity contribution >= 4 is 11.3 Å². The minimum Gasteiger partial charge on any atom is -0.337 e. The molecule has 0 aliphatic rings. The number of hydrogen-bond acceptors (Lipinski definition) is 4. The van der Waals surface area contributed by atoms with Gasteiger partial charge in [0.15, 0.2) is 0 Å². The minimum absolute atomic E-state index is 0.829. The van der Waals surface area contributed by atoms with Crippen molar-refractivity contribution in [3.63, 3.8) is 0 Å². The van der Waals surface area contributed by atoms with Crippen LogP contribution in [0.15, 0.2) is 18.7 Å². The van der Waals surface area contributed by atoms with Crippen LogP contribution in [-0.4, -0.2) is 14.5 Å². The zero-order valence-electron chi connectivity index (χ0n) is 9.60. The van der Waals surface area contributed by atoms with Crippen molar-refractivity contribution in [2.75, 3.05) is 0 Å². The topological polar surface area (TPSA) is 42.7 Å². The number of thiazole rings is 1. The Morgan fingerprint density at radius 1 is 1.38 bits per heavy atom. The van der Waals surface area contributed by atoms with Crippen LogP contribution < -0.4 is 5.32 Å². The molecule has 0 radical (unpaired) electrons. The number of aryl methyl sites for hydroxylation is 2. The molecule has 2 aromatic heterocycles. The van der Waals surface area contributed by atoms with Crippen LogP contribution in [-0.2, 0) is 26.6 Å². The number of nitrogens with zero attached hydrogens (tertiary/aromatic N) is 3. The van der Waals surface area contributed by atoms with Crippen molar-refractivity contribution in [2.45, 2.75) is 26.4 Å². The van der Waals surface area contributed by atoms with E-state index in [0.717, 1.165) is 24.5 Å². The van der Waals surface area contributed by atoms with E-state index in [1.54, 1.807) is 11.3 Å². The predicted octanol–water partition coefficient (Wildman–Crippen LogP) is 1.73. The third-order valence-corrected chi connectivity index (χ3v) is 3.59. The fourth-order valence-corrected chi connectivity index (χ4v) is 2.28. The fourth-order valence-electron chi connectivity index (χ4n) is 1.45. The Labute approximate surface area is 99.4 Å². The van der Waals surface area contributed by atoms with Gasteiger partial charge in [0.1, 0.15) is 5.01 Å². The average Bonchev–Trinajstić information content (AvgIpc) is 2.89. The Morgan fingerprint density at radius 2 is 2.25 bits per heavy atom. The normalized spacial score (nSPS) is 10.9. The highest BCUT2D eigenvalue weighted by atomic mass is 32.1. The van der Waals surface area contributed by atoms with Gasteiger partial charge in [-0.1, -0.05) is 6.92 Å². The van der Waals surface area contributed by atoms with Gasteiger partial charge in [-0.15, -0.1) is 11.3 Å². The number of aromatic nitrogens is 3. The number of rotatable bonds is 5. The molecular formula is C11H16N4S. The first-order chi connectivity index (χ1) is 7.79. The standard InChI is InChI=1S/C11H16N4S/c1-3-10-6-14-11(16-10)7-12-4-9-5-13-8-15(9)2/h5-6,8,12H,3-4,7H2,1-2H3. The molecule has 0 atom stereocenters. The second-order valence-corrected chi connectivity index (χ2v) is 4.87. The van der Waals surface area contributed by atoms with Crippen LogP contribution in [0.4, 0.5) is 0 Å². The summed E-state index contributed by atoms with van der Waals surface area (Å²) in [6.07, 6.45) is 6.73. The van der Waals surface area contributed by atoms with Crippen LogP contribution in [0.2, 0.25) is 0 Å². The first kappa shape index (κ1) is 11.3. The highest BCUT2D eigenvalue weighted by Crippen LogP contribution is 2.12. The summed E-state index contributed by atoms with van der Waals surface area (Å²) in [4.78, 5) is 9.78. The molecule has 0 saturated heterocycles. The van der Waals surface area contributed by atoms with Crippen molar-refractivity contribution in [3.05, 3.63) is 34.3 Å². The van der Waals surface area contributed by atoms with Gasteiger partial charge in [0.05, 0.1) is 12.0 Å². The minimum atomic E-state index is 0.829. The molecule has 0 spiro atoms. The fraction of sp³-hybridized carbons (Fsp3) is 0.455. The van der Waals surface area contributed by atoms with Gasteiger partial charge < -0.3 is 9.88 Å². The quantitative estimate of drug-likeness (QED) is 0.859. The van der Waals surface area contributed by atoms with Crippen molar-refractivity contribution in [1.82, 2.24) is 19.9 Å². The Hall–Kier alpha value is -1.20. The SMILES string of the molecule is CCc1cnc(CNCc2cncn2C)s1. The van der Waals surface area contributed by atoms with E-state index in [-0.39, 0.29) is 0 Å². The second-order valence-electron chi connectivity index (χ2n) is 3.67.